The quantitative estimate of drug-likeness (QED) is 0.657. The predicted octanol–water partition coefficient (Wildman–Crippen LogP) is 1.33. The lowest BCUT2D eigenvalue weighted by molar-refractivity contribution is 0.280. The number of alkyl halides is 2. The minimum absolute atomic E-state index is 0.254. The number of rotatable bonds is 2. The topological polar surface area (TPSA) is 12.0 Å². The average molecular weight is 196 g/mol. The highest BCUT2D eigenvalue weighted by molar-refractivity contribution is 9.09. The Kier molecular flexibility index (Phi) is 2.92. The predicted molar refractivity (Wildman–Crippen MR) is 39.7 cm³/mol. The molecule has 1 fully saturated rings. The van der Waals surface area contributed by atoms with Gasteiger partial charge in [0, 0.05) is 24.3 Å². The molecular weight excluding hydrogens is 185 g/mol. The number of halogens is 2. The molecular formula is C6H11BrFN. The summed E-state index contributed by atoms with van der Waals surface area (Å²) in [6.07, 6.45) is 0.344. The zero-order chi connectivity index (χ0) is 6.69. The molecule has 0 aromatic rings. The summed E-state index contributed by atoms with van der Waals surface area (Å²) >= 11 is 3.29. The van der Waals surface area contributed by atoms with Gasteiger partial charge in [0.25, 0.3) is 0 Å². The van der Waals surface area contributed by atoms with Gasteiger partial charge in [-0.05, 0) is 6.42 Å². The van der Waals surface area contributed by atoms with Crippen LogP contribution in [-0.2, 0) is 0 Å². The Morgan fingerprint density at radius 1 is 1.56 bits per heavy atom. The monoisotopic (exact) mass is 195 g/mol. The standard InChI is InChI=1S/C6H11BrFN/c7-2-1-5-3-9-4-6(5)8/h5-6,9H,1-4H2. The van der Waals surface area contributed by atoms with Crippen LogP contribution >= 0.6 is 15.9 Å². The molecule has 0 bridgehead atoms. The van der Waals surface area contributed by atoms with E-state index in [2.05, 4.69) is 21.2 Å². The third-order valence-corrected chi connectivity index (χ3v) is 2.20. The van der Waals surface area contributed by atoms with Gasteiger partial charge < -0.3 is 5.32 Å². The fraction of sp³-hybridized carbons (Fsp3) is 1.00. The summed E-state index contributed by atoms with van der Waals surface area (Å²) in [5.74, 6) is 0.254. The highest BCUT2D eigenvalue weighted by atomic mass is 79.9. The van der Waals surface area contributed by atoms with E-state index in [-0.39, 0.29) is 5.92 Å². The third kappa shape index (κ3) is 1.90. The van der Waals surface area contributed by atoms with E-state index in [0.717, 1.165) is 18.3 Å². The fourth-order valence-electron chi connectivity index (χ4n) is 1.12. The Hall–Kier alpha value is 0.370. The molecule has 0 radical (unpaired) electrons. The van der Waals surface area contributed by atoms with Gasteiger partial charge in [-0.2, -0.15) is 0 Å². The zero-order valence-corrected chi connectivity index (χ0v) is 6.83. The minimum Gasteiger partial charge on any atom is -0.313 e. The van der Waals surface area contributed by atoms with Crippen LogP contribution in [0.2, 0.25) is 0 Å². The Bertz CT molecular complexity index is 89.1. The third-order valence-electron chi connectivity index (χ3n) is 1.74. The molecule has 1 saturated heterocycles. The molecule has 2 atom stereocenters. The molecule has 0 saturated carbocycles. The van der Waals surface area contributed by atoms with Gasteiger partial charge in [-0.3, -0.25) is 0 Å². The van der Waals surface area contributed by atoms with E-state index in [4.69, 9.17) is 0 Å². The molecule has 1 aliphatic heterocycles. The summed E-state index contributed by atoms with van der Waals surface area (Å²) in [6, 6.07) is 0. The molecule has 1 N–H and O–H groups in total. The molecule has 1 nitrogen and oxygen atoms in total. The van der Waals surface area contributed by atoms with Crippen LogP contribution in [-0.4, -0.2) is 24.6 Å². The molecule has 54 valence electrons. The van der Waals surface area contributed by atoms with Crippen LogP contribution in [0, 0.1) is 5.92 Å². The van der Waals surface area contributed by atoms with Crippen molar-refractivity contribution < 1.29 is 4.39 Å². The van der Waals surface area contributed by atoms with Gasteiger partial charge in [0.05, 0.1) is 0 Å². The molecule has 1 heterocycles. The van der Waals surface area contributed by atoms with Crippen molar-refractivity contribution in [1.82, 2.24) is 5.32 Å². The highest BCUT2D eigenvalue weighted by Gasteiger charge is 2.25. The van der Waals surface area contributed by atoms with Crippen molar-refractivity contribution in [3.8, 4) is 0 Å². The van der Waals surface area contributed by atoms with Gasteiger partial charge >= 0.3 is 0 Å². The summed E-state index contributed by atoms with van der Waals surface area (Å²) in [6.45, 7) is 1.41. The average Bonchev–Trinajstić information content (AvgIpc) is 2.18. The summed E-state index contributed by atoms with van der Waals surface area (Å²) in [7, 11) is 0. The van der Waals surface area contributed by atoms with Crippen LogP contribution < -0.4 is 5.32 Å². The Morgan fingerprint density at radius 3 is 2.78 bits per heavy atom. The molecule has 0 spiro atoms. The van der Waals surface area contributed by atoms with Crippen LogP contribution in [0.5, 0.6) is 0 Å². The summed E-state index contributed by atoms with van der Waals surface area (Å²) in [5, 5.41) is 3.93. The number of nitrogens with one attached hydrogen (secondary N) is 1. The molecule has 0 amide bonds. The first-order chi connectivity index (χ1) is 4.34. The number of hydrogen-bond donors (Lipinski definition) is 1. The molecule has 1 rings (SSSR count). The Morgan fingerprint density at radius 2 is 2.33 bits per heavy atom. The van der Waals surface area contributed by atoms with Crippen molar-refractivity contribution in [2.45, 2.75) is 12.6 Å². The van der Waals surface area contributed by atoms with E-state index in [1.54, 1.807) is 0 Å². The van der Waals surface area contributed by atoms with Crippen molar-refractivity contribution in [1.29, 1.82) is 0 Å². The molecule has 0 aromatic carbocycles. The maximum absolute atomic E-state index is 12.7. The Labute approximate surface area is 63.1 Å². The maximum atomic E-state index is 12.7. The van der Waals surface area contributed by atoms with Crippen LogP contribution in [0.15, 0.2) is 0 Å². The van der Waals surface area contributed by atoms with Crippen LogP contribution in [0.1, 0.15) is 6.42 Å². The van der Waals surface area contributed by atoms with Crippen LogP contribution in [0.25, 0.3) is 0 Å². The highest BCUT2D eigenvalue weighted by Crippen LogP contribution is 2.16. The Balaban J connectivity index is 2.22. The normalized spacial score (nSPS) is 35.3. The second kappa shape index (κ2) is 3.52. The zero-order valence-electron chi connectivity index (χ0n) is 5.24. The van der Waals surface area contributed by atoms with E-state index in [1.165, 1.54) is 0 Å². The van der Waals surface area contributed by atoms with Gasteiger partial charge in [0.1, 0.15) is 6.17 Å². The first kappa shape index (κ1) is 7.48. The molecule has 1 aliphatic rings. The lowest BCUT2D eigenvalue weighted by Gasteiger charge is -2.07. The smallest absolute Gasteiger partial charge is 0.117 e. The van der Waals surface area contributed by atoms with Gasteiger partial charge in [-0.15, -0.1) is 0 Å². The minimum atomic E-state index is -0.609. The molecule has 0 aliphatic carbocycles. The van der Waals surface area contributed by atoms with Gasteiger partial charge in [-0.1, -0.05) is 15.9 Å². The van der Waals surface area contributed by atoms with E-state index >= 15 is 0 Å². The molecule has 9 heavy (non-hydrogen) atoms. The van der Waals surface area contributed by atoms with E-state index < -0.39 is 6.17 Å². The van der Waals surface area contributed by atoms with Crippen LogP contribution in [0.3, 0.4) is 0 Å². The first-order valence-electron chi connectivity index (χ1n) is 3.25. The second-order valence-corrected chi connectivity index (χ2v) is 3.20. The molecule has 3 heteroatoms. The van der Waals surface area contributed by atoms with E-state index in [0.29, 0.717) is 6.54 Å². The summed E-state index contributed by atoms with van der Waals surface area (Å²) < 4.78 is 12.7. The van der Waals surface area contributed by atoms with Crippen molar-refractivity contribution >= 4 is 15.9 Å². The van der Waals surface area contributed by atoms with Crippen molar-refractivity contribution in [2.24, 2.45) is 5.92 Å². The van der Waals surface area contributed by atoms with E-state index in [9.17, 15) is 4.39 Å². The van der Waals surface area contributed by atoms with Crippen LogP contribution in [0.4, 0.5) is 4.39 Å². The second-order valence-electron chi connectivity index (χ2n) is 2.41. The molecule has 2 unspecified atom stereocenters. The number of hydrogen-bond acceptors (Lipinski definition) is 1. The lowest BCUT2D eigenvalue weighted by Crippen LogP contribution is -2.12. The van der Waals surface area contributed by atoms with Crippen molar-refractivity contribution in [3.63, 3.8) is 0 Å². The first-order valence-corrected chi connectivity index (χ1v) is 4.37. The van der Waals surface area contributed by atoms with Crippen molar-refractivity contribution in [3.05, 3.63) is 0 Å². The van der Waals surface area contributed by atoms with Gasteiger partial charge in [0.15, 0.2) is 0 Å². The summed E-state index contributed by atoms with van der Waals surface area (Å²) in [5.41, 5.74) is 0. The summed E-state index contributed by atoms with van der Waals surface area (Å²) in [4.78, 5) is 0. The van der Waals surface area contributed by atoms with Gasteiger partial charge in [-0.25, -0.2) is 4.39 Å². The van der Waals surface area contributed by atoms with Gasteiger partial charge in [0.2, 0.25) is 0 Å². The fourth-order valence-corrected chi connectivity index (χ4v) is 1.71. The SMILES string of the molecule is FC1CNCC1CCBr. The maximum Gasteiger partial charge on any atom is 0.117 e. The largest absolute Gasteiger partial charge is 0.313 e. The van der Waals surface area contributed by atoms with Crippen molar-refractivity contribution in [2.75, 3.05) is 18.4 Å². The lowest BCUT2D eigenvalue weighted by atomic mass is 10.1. The van der Waals surface area contributed by atoms with E-state index in [1.807, 2.05) is 0 Å². The molecule has 0 aromatic heterocycles.